The molecule has 0 saturated heterocycles. The Kier molecular flexibility index (Phi) is 5.36. The molecule has 18 heavy (non-hydrogen) atoms. The van der Waals surface area contributed by atoms with Crippen molar-refractivity contribution in [3.8, 4) is 0 Å². The van der Waals surface area contributed by atoms with E-state index in [1.807, 2.05) is 18.2 Å². The molecule has 2 amide bonds. The maximum absolute atomic E-state index is 11.8. The van der Waals surface area contributed by atoms with Gasteiger partial charge in [0.05, 0.1) is 0 Å². The molecule has 4 heteroatoms. The molecular formula is C14H20N2O2. The van der Waals surface area contributed by atoms with Crippen LogP contribution in [0.1, 0.15) is 20.3 Å². The van der Waals surface area contributed by atoms with Crippen molar-refractivity contribution in [2.75, 3.05) is 18.5 Å². The third kappa shape index (κ3) is 4.20. The van der Waals surface area contributed by atoms with Crippen LogP contribution in [0.2, 0.25) is 0 Å². The van der Waals surface area contributed by atoms with Crippen LogP contribution in [0.25, 0.3) is 0 Å². The summed E-state index contributed by atoms with van der Waals surface area (Å²) < 4.78 is 0. The van der Waals surface area contributed by atoms with E-state index in [-0.39, 0.29) is 0 Å². The molecule has 0 aliphatic carbocycles. The van der Waals surface area contributed by atoms with E-state index >= 15 is 0 Å². The van der Waals surface area contributed by atoms with Crippen LogP contribution in [0.5, 0.6) is 0 Å². The third-order valence-electron chi connectivity index (χ3n) is 2.65. The van der Waals surface area contributed by atoms with Crippen LogP contribution in [-0.2, 0) is 9.59 Å². The van der Waals surface area contributed by atoms with Gasteiger partial charge in [-0.1, -0.05) is 32.0 Å². The summed E-state index contributed by atoms with van der Waals surface area (Å²) in [5, 5.41) is 2.63. The third-order valence-corrected chi connectivity index (χ3v) is 2.65. The predicted molar refractivity (Wildman–Crippen MR) is 72.3 cm³/mol. The molecule has 1 rings (SSSR count). The van der Waals surface area contributed by atoms with E-state index < -0.39 is 11.8 Å². The fraction of sp³-hybridized carbons (Fsp3) is 0.429. The minimum Gasteiger partial charge on any atom is -0.348 e. The van der Waals surface area contributed by atoms with E-state index in [1.165, 1.54) is 4.90 Å². The Morgan fingerprint density at radius 1 is 1.22 bits per heavy atom. The number of hydrogen-bond donors (Lipinski definition) is 1. The zero-order valence-corrected chi connectivity index (χ0v) is 11.1. The number of nitrogens with one attached hydrogen (secondary N) is 1. The Morgan fingerprint density at radius 2 is 1.83 bits per heavy atom. The normalized spacial score (nSPS) is 10.2. The van der Waals surface area contributed by atoms with E-state index in [2.05, 4.69) is 19.2 Å². The standard InChI is InChI=1S/C14H20N2O2/c1-11(2)9-10-15-13(17)14(18)16(3)12-7-5-4-6-8-12/h4-8,11H,9-10H2,1-3H3,(H,15,17). The Morgan fingerprint density at radius 3 is 2.39 bits per heavy atom. The fourth-order valence-corrected chi connectivity index (χ4v) is 1.47. The van der Waals surface area contributed by atoms with Gasteiger partial charge in [0.2, 0.25) is 0 Å². The van der Waals surface area contributed by atoms with Crippen molar-refractivity contribution < 1.29 is 9.59 Å². The van der Waals surface area contributed by atoms with Crippen molar-refractivity contribution >= 4 is 17.5 Å². The summed E-state index contributed by atoms with van der Waals surface area (Å²) >= 11 is 0. The number of para-hydroxylation sites is 1. The topological polar surface area (TPSA) is 49.4 Å². The second-order valence-corrected chi connectivity index (χ2v) is 4.64. The largest absolute Gasteiger partial charge is 0.348 e. The minimum absolute atomic E-state index is 0.507. The molecule has 1 N–H and O–H groups in total. The van der Waals surface area contributed by atoms with Gasteiger partial charge in [0, 0.05) is 19.3 Å². The lowest BCUT2D eigenvalue weighted by molar-refractivity contribution is -0.137. The molecular weight excluding hydrogens is 228 g/mol. The molecule has 0 aliphatic rings. The fourth-order valence-electron chi connectivity index (χ4n) is 1.47. The van der Waals surface area contributed by atoms with Crippen molar-refractivity contribution in [3.63, 3.8) is 0 Å². The van der Waals surface area contributed by atoms with Gasteiger partial charge in [-0.15, -0.1) is 0 Å². The summed E-state index contributed by atoms with van der Waals surface area (Å²) in [5.41, 5.74) is 0.710. The lowest BCUT2D eigenvalue weighted by Crippen LogP contribution is -2.41. The van der Waals surface area contributed by atoms with Crippen LogP contribution in [0.4, 0.5) is 5.69 Å². The molecule has 4 nitrogen and oxygen atoms in total. The smallest absolute Gasteiger partial charge is 0.316 e. The summed E-state index contributed by atoms with van der Waals surface area (Å²) in [4.78, 5) is 24.8. The second kappa shape index (κ2) is 6.79. The number of benzene rings is 1. The molecule has 0 atom stereocenters. The molecule has 0 spiro atoms. The van der Waals surface area contributed by atoms with Gasteiger partial charge in [0.15, 0.2) is 0 Å². The van der Waals surface area contributed by atoms with E-state index in [0.717, 1.165) is 6.42 Å². The molecule has 0 fully saturated rings. The predicted octanol–water partition coefficient (Wildman–Crippen LogP) is 1.81. The first-order valence-electron chi connectivity index (χ1n) is 6.13. The molecule has 0 radical (unpaired) electrons. The Hall–Kier alpha value is -1.84. The number of carbonyl (C=O) groups is 2. The van der Waals surface area contributed by atoms with Gasteiger partial charge in [-0.25, -0.2) is 0 Å². The van der Waals surface area contributed by atoms with Crippen LogP contribution in [0, 0.1) is 5.92 Å². The minimum atomic E-state index is -0.554. The van der Waals surface area contributed by atoms with Crippen molar-refractivity contribution in [2.45, 2.75) is 20.3 Å². The van der Waals surface area contributed by atoms with E-state index in [4.69, 9.17) is 0 Å². The summed E-state index contributed by atoms with van der Waals surface area (Å²) in [6.07, 6.45) is 0.869. The first-order valence-corrected chi connectivity index (χ1v) is 6.13. The number of anilines is 1. The first kappa shape index (κ1) is 14.2. The summed E-state index contributed by atoms with van der Waals surface area (Å²) in [7, 11) is 1.60. The van der Waals surface area contributed by atoms with Gasteiger partial charge in [0.1, 0.15) is 0 Å². The first-order chi connectivity index (χ1) is 8.52. The lowest BCUT2D eigenvalue weighted by atomic mass is 10.1. The SMILES string of the molecule is CC(C)CCNC(=O)C(=O)N(C)c1ccccc1. The molecule has 0 aliphatic heterocycles. The Balaban J connectivity index is 2.51. The zero-order valence-electron chi connectivity index (χ0n) is 11.1. The maximum atomic E-state index is 11.8. The highest BCUT2D eigenvalue weighted by Crippen LogP contribution is 2.10. The summed E-state index contributed by atoms with van der Waals surface area (Å²) in [6, 6.07) is 9.11. The van der Waals surface area contributed by atoms with Crippen molar-refractivity contribution in [3.05, 3.63) is 30.3 Å². The highest BCUT2D eigenvalue weighted by molar-refractivity contribution is 6.40. The zero-order chi connectivity index (χ0) is 13.5. The van der Waals surface area contributed by atoms with E-state index in [9.17, 15) is 9.59 Å². The summed E-state index contributed by atoms with van der Waals surface area (Å²) in [5.74, 6) is -0.584. The monoisotopic (exact) mass is 248 g/mol. The quantitative estimate of drug-likeness (QED) is 0.826. The Labute approximate surface area is 108 Å². The van der Waals surface area contributed by atoms with Crippen molar-refractivity contribution in [1.82, 2.24) is 5.32 Å². The molecule has 0 aromatic heterocycles. The molecule has 1 aromatic carbocycles. The van der Waals surface area contributed by atoms with Crippen molar-refractivity contribution in [1.29, 1.82) is 0 Å². The average Bonchev–Trinajstić information content (AvgIpc) is 2.37. The van der Waals surface area contributed by atoms with Crippen molar-refractivity contribution in [2.24, 2.45) is 5.92 Å². The van der Waals surface area contributed by atoms with Gasteiger partial charge in [-0.3, -0.25) is 9.59 Å². The number of carbonyl (C=O) groups excluding carboxylic acids is 2. The average molecular weight is 248 g/mol. The van der Waals surface area contributed by atoms with Gasteiger partial charge >= 0.3 is 11.8 Å². The number of likely N-dealkylation sites (N-methyl/N-ethyl adjacent to an activating group) is 1. The van der Waals surface area contributed by atoms with Gasteiger partial charge in [-0.2, -0.15) is 0 Å². The van der Waals surface area contributed by atoms with Crippen LogP contribution in [0.15, 0.2) is 30.3 Å². The number of amides is 2. The van der Waals surface area contributed by atoms with E-state index in [1.54, 1.807) is 19.2 Å². The molecule has 0 bridgehead atoms. The van der Waals surface area contributed by atoms with Crippen LogP contribution >= 0.6 is 0 Å². The highest BCUT2D eigenvalue weighted by Gasteiger charge is 2.19. The number of rotatable bonds is 4. The van der Waals surface area contributed by atoms with Gasteiger partial charge in [-0.05, 0) is 24.5 Å². The van der Waals surface area contributed by atoms with Gasteiger partial charge in [0.25, 0.3) is 0 Å². The second-order valence-electron chi connectivity index (χ2n) is 4.64. The molecule has 0 saturated carbocycles. The maximum Gasteiger partial charge on any atom is 0.316 e. The molecule has 0 heterocycles. The molecule has 0 unspecified atom stereocenters. The van der Waals surface area contributed by atoms with Crippen LogP contribution in [0.3, 0.4) is 0 Å². The lowest BCUT2D eigenvalue weighted by Gasteiger charge is -2.16. The molecule has 98 valence electrons. The van der Waals surface area contributed by atoms with Gasteiger partial charge < -0.3 is 10.2 Å². The number of hydrogen-bond acceptors (Lipinski definition) is 2. The molecule has 1 aromatic rings. The summed E-state index contributed by atoms with van der Waals surface area (Å²) in [6.45, 7) is 4.68. The van der Waals surface area contributed by atoms with Crippen LogP contribution in [-0.4, -0.2) is 25.4 Å². The van der Waals surface area contributed by atoms with Crippen LogP contribution < -0.4 is 10.2 Å². The Bertz CT molecular complexity index is 402. The highest BCUT2D eigenvalue weighted by atomic mass is 16.2. The number of nitrogens with zero attached hydrogens (tertiary/aromatic N) is 1. The van der Waals surface area contributed by atoms with E-state index in [0.29, 0.717) is 18.2 Å².